The minimum absolute atomic E-state index is 0.0339. The first-order chi connectivity index (χ1) is 12.5. The van der Waals surface area contributed by atoms with E-state index in [2.05, 4.69) is 43.2 Å². The number of benzene rings is 1. The molecule has 0 spiro atoms. The quantitative estimate of drug-likeness (QED) is 0.772. The van der Waals surface area contributed by atoms with Gasteiger partial charge in [-0.1, -0.05) is 28.0 Å². The lowest BCUT2D eigenvalue weighted by Gasteiger charge is -2.31. The summed E-state index contributed by atoms with van der Waals surface area (Å²) in [4.78, 5) is 19.1. The van der Waals surface area contributed by atoms with Crippen LogP contribution in [0.5, 0.6) is 0 Å². The first-order valence-electron chi connectivity index (χ1n) is 9.16. The van der Waals surface area contributed by atoms with Crippen LogP contribution in [0.3, 0.4) is 0 Å². The van der Waals surface area contributed by atoms with E-state index in [4.69, 9.17) is 4.52 Å². The highest BCUT2D eigenvalue weighted by atomic mass is 79.9. The maximum Gasteiger partial charge on any atom is 0.241 e. The molecule has 26 heavy (non-hydrogen) atoms. The summed E-state index contributed by atoms with van der Waals surface area (Å²) in [5, 5.41) is 7.17. The average Bonchev–Trinajstić information content (AvgIpc) is 3.10. The minimum atomic E-state index is 0.0339. The molecule has 7 heteroatoms. The average molecular weight is 421 g/mol. The van der Waals surface area contributed by atoms with Gasteiger partial charge in [0, 0.05) is 22.6 Å². The Hall–Kier alpha value is -1.73. The molecule has 0 bridgehead atoms. The third kappa shape index (κ3) is 4.92. The zero-order valence-electron chi connectivity index (χ0n) is 15.2. The van der Waals surface area contributed by atoms with Crippen molar-refractivity contribution in [2.75, 3.05) is 13.1 Å². The Morgan fingerprint density at radius 2 is 2.19 bits per heavy atom. The van der Waals surface area contributed by atoms with Crippen LogP contribution in [0.15, 0.2) is 33.3 Å². The molecule has 0 saturated carbocycles. The Kier molecular flexibility index (Phi) is 6.43. The maximum absolute atomic E-state index is 12.4. The lowest BCUT2D eigenvalue weighted by atomic mass is 9.96. The monoisotopic (exact) mass is 420 g/mol. The summed E-state index contributed by atoms with van der Waals surface area (Å²) in [6.45, 7) is 6.38. The Morgan fingerprint density at radius 3 is 2.92 bits per heavy atom. The molecule has 0 aliphatic carbocycles. The van der Waals surface area contributed by atoms with Crippen molar-refractivity contribution in [1.29, 1.82) is 0 Å². The molecule has 1 N–H and O–H groups in total. The summed E-state index contributed by atoms with van der Waals surface area (Å²) in [5.74, 6) is 1.37. The molecule has 140 valence electrons. The van der Waals surface area contributed by atoms with Crippen molar-refractivity contribution in [3.63, 3.8) is 0 Å². The lowest BCUT2D eigenvalue weighted by molar-refractivity contribution is -0.127. The molecule has 1 aliphatic heterocycles. The van der Waals surface area contributed by atoms with Crippen LogP contribution < -0.4 is 5.32 Å². The normalized spacial score (nSPS) is 19.3. The molecule has 1 aromatic carbocycles. The number of hydrogen-bond donors (Lipinski definition) is 1. The van der Waals surface area contributed by atoms with Gasteiger partial charge in [0.25, 0.3) is 0 Å². The molecule has 1 aromatic heterocycles. The first kappa shape index (κ1) is 19.0. The molecule has 1 amide bonds. The van der Waals surface area contributed by atoms with Gasteiger partial charge >= 0.3 is 0 Å². The van der Waals surface area contributed by atoms with E-state index >= 15 is 0 Å². The lowest BCUT2D eigenvalue weighted by Crippen LogP contribution is -2.44. The van der Waals surface area contributed by atoms with Crippen molar-refractivity contribution in [2.45, 2.75) is 45.7 Å². The van der Waals surface area contributed by atoms with Crippen molar-refractivity contribution in [1.82, 2.24) is 20.4 Å². The number of carbonyl (C=O) groups is 1. The van der Waals surface area contributed by atoms with Crippen molar-refractivity contribution in [2.24, 2.45) is 5.92 Å². The van der Waals surface area contributed by atoms with Crippen LogP contribution in [-0.4, -0.2) is 40.1 Å². The van der Waals surface area contributed by atoms with E-state index in [9.17, 15) is 4.79 Å². The van der Waals surface area contributed by atoms with Crippen LogP contribution in [0.4, 0.5) is 0 Å². The Balaban J connectivity index is 1.58. The van der Waals surface area contributed by atoms with Crippen LogP contribution in [-0.2, 0) is 11.3 Å². The van der Waals surface area contributed by atoms with Crippen LogP contribution in [0.2, 0.25) is 0 Å². The number of halogens is 1. The van der Waals surface area contributed by atoms with Gasteiger partial charge in [0.1, 0.15) is 0 Å². The summed E-state index contributed by atoms with van der Waals surface area (Å²) in [7, 11) is 0. The van der Waals surface area contributed by atoms with Gasteiger partial charge in [0.2, 0.25) is 17.6 Å². The molecule has 6 nitrogen and oxygen atoms in total. The standard InChI is InChI=1S/C19H25BrN4O2/c1-3-13(2)21-19(25)15-5-4-10-24(11-15)12-17-22-18(23-26-17)14-6-8-16(20)9-7-14/h6-9,13,15H,3-5,10-12H2,1-2H3,(H,21,25). The van der Waals surface area contributed by atoms with Crippen molar-refractivity contribution >= 4 is 21.8 Å². The van der Waals surface area contributed by atoms with E-state index in [-0.39, 0.29) is 17.9 Å². The van der Waals surface area contributed by atoms with E-state index < -0.39 is 0 Å². The fraction of sp³-hybridized carbons (Fsp3) is 0.526. The smallest absolute Gasteiger partial charge is 0.241 e. The minimum Gasteiger partial charge on any atom is -0.353 e. The SMILES string of the molecule is CCC(C)NC(=O)C1CCCN(Cc2nc(-c3ccc(Br)cc3)no2)C1. The number of piperidine rings is 1. The second-order valence-electron chi connectivity index (χ2n) is 6.91. The van der Waals surface area contributed by atoms with Gasteiger partial charge in [-0.2, -0.15) is 4.98 Å². The number of carbonyl (C=O) groups excluding carboxylic acids is 1. The molecule has 1 fully saturated rings. The summed E-state index contributed by atoms with van der Waals surface area (Å²) in [6.07, 6.45) is 2.89. The number of hydrogen-bond acceptors (Lipinski definition) is 5. The zero-order chi connectivity index (χ0) is 18.5. The molecule has 1 saturated heterocycles. The van der Waals surface area contributed by atoms with Crippen LogP contribution in [0.1, 0.15) is 39.0 Å². The Morgan fingerprint density at radius 1 is 1.42 bits per heavy atom. The van der Waals surface area contributed by atoms with E-state index in [0.29, 0.717) is 18.3 Å². The maximum atomic E-state index is 12.4. The molecular weight excluding hydrogens is 396 g/mol. The van der Waals surface area contributed by atoms with Crippen LogP contribution in [0, 0.1) is 5.92 Å². The molecule has 1 aliphatic rings. The summed E-state index contributed by atoms with van der Waals surface area (Å²) < 4.78 is 6.43. The molecule has 2 heterocycles. The van der Waals surface area contributed by atoms with Crippen LogP contribution in [0.25, 0.3) is 11.4 Å². The third-order valence-corrected chi connectivity index (χ3v) is 5.34. The van der Waals surface area contributed by atoms with Gasteiger partial charge < -0.3 is 9.84 Å². The molecule has 2 unspecified atom stereocenters. The molecule has 2 aromatic rings. The van der Waals surface area contributed by atoms with Crippen molar-refractivity contribution < 1.29 is 9.32 Å². The fourth-order valence-electron chi connectivity index (χ4n) is 3.10. The number of nitrogens with one attached hydrogen (secondary N) is 1. The molecular formula is C19H25BrN4O2. The second-order valence-corrected chi connectivity index (χ2v) is 7.83. The highest BCUT2D eigenvalue weighted by Gasteiger charge is 2.27. The van der Waals surface area contributed by atoms with E-state index in [1.165, 1.54) is 0 Å². The topological polar surface area (TPSA) is 71.3 Å². The zero-order valence-corrected chi connectivity index (χ0v) is 16.8. The largest absolute Gasteiger partial charge is 0.353 e. The van der Waals surface area contributed by atoms with Gasteiger partial charge in [0.05, 0.1) is 12.5 Å². The van der Waals surface area contributed by atoms with Gasteiger partial charge in [0.15, 0.2) is 0 Å². The highest BCUT2D eigenvalue weighted by Crippen LogP contribution is 2.21. The Labute approximate surface area is 162 Å². The summed E-state index contributed by atoms with van der Waals surface area (Å²) >= 11 is 3.42. The van der Waals surface area contributed by atoms with Crippen molar-refractivity contribution in [3.8, 4) is 11.4 Å². The van der Waals surface area contributed by atoms with Crippen molar-refractivity contribution in [3.05, 3.63) is 34.6 Å². The summed E-state index contributed by atoms with van der Waals surface area (Å²) in [5.41, 5.74) is 0.924. The van der Waals surface area contributed by atoms with Crippen LogP contribution >= 0.6 is 15.9 Å². The number of amides is 1. The van der Waals surface area contributed by atoms with E-state index in [1.54, 1.807) is 0 Å². The molecule has 0 radical (unpaired) electrons. The molecule has 3 rings (SSSR count). The predicted molar refractivity (Wildman–Crippen MR) is 103 cm³/mol. The predicted octanol–water partition coefficient (Wildman–Crippen LogP) is 3.63. The number of aromatic nitrogens is 2. The van der Waals surface area contributed by atoms with Gasteiger partial charge in [-0.25, -0.2) is 0 Å². The number of likely N-dealkylation sites (tertiary alicyclic amines) is 1. The van der Waals surface area contributed by atoms with Gasteiger partial charge in [-0.05, 0) is 57.0 Å². The molecule has 2 atom stereocenters. The summed E-state index contributed by atoms with van der Waals surface area (Å²) in [6, 6.07) is 8.04. The Bertz CT molecular complexity index is 731. The fourth-order valence-corrected chi connectivity index (χ4v) is 3.37. The third-order valence-electron chi connectivity index (χ3n) is 4.81. The van der Waals surface area contributed by atoms with Gasteiger partial charge in [-0.3, -0.25) is 9.69 Å². The first-order valence-corrected chi connectivity index (χ1v) is 9.95. The van der Waals surface area contributed by atoms with Gasteiger partial charge in [-0.15, -0.1) is 0 Å². The highest BCUT2D eigenvalue weighted by molar-refractivity contribution is 9.10. The number of nitrogens with zero attached hydrogens (tertiary/aromatic N) is 3. The second kappa shape index (κ2) is 8.77. The van der Waals surface area contributed by atoms with E-state index in [1.807, 2.05) is 31.2 Å². The number of rotatable bonds is 6. The van der Waals surface area contributed by atoms with E-state index in [0.717, 1.165) is 42.4 Å².